The maximum absolute atomic E-state index is 6.02. The fraction of sp³-hybridized carbons (Fsp3) is 0.167. The number of rotatable bonds is 1. The summed E-state index contributed by atoms with van der Waals surface area (Å²) in [7, 11) is 0. The van der Waals surface area contributed by atoms with Gasteiger partial charge in [-0.2, -0.15) is 0 Å². The van der Waals surface area contributed by atoms with Gasteiger partial charge in [0.15, 0.2) is 17.3 Å². The minimum atomic E-state index is 0.202. The van der Waals surface area contributed by atoms with Gasteiger partial charge < -0.3 is 9.47 Å². The molecule has 0 saturated carbocycles. The highest BCUT2D eigenvalue weighted by Gasteiger charge is 2.20. The van der Waals surface area contributed by atoms with Gasteiger partial charge in [-0.05, 0) is 35.0 Å². The number of aromatic nitrogens is 2. The SMILES string of the molecule is Cc1c(Cl)nc(-c2cc(Br)c3c(c2)OCO3)nc1Cl. The Bertz CT molecular complexity index is 656. The lowest BCUT2D eigenvalue weighted by Crippen LogP contribution is -1.94. The molecule has 98 valence electrons. The number of nitrogens with zero attached hydrogens (tertiary/aromatic N) is 2. The predicted molar refractivity (Wildman–Crippen MR) is 76.0 cm³/mol. The summed E-state index contributed by atoms with van der Waals surface area (Å²) in [5.41, 5.74) is 1.41. The van der Waals surface area contributed by atoms with E-state index in [-0.39, 0.29) is 6.79 Å². The minimum absolute atomic E-state index is 0.202. The number of hydrogen-bond acceptors (Lipinski definition) is 4. The van der Waals surface area contributed by atoms with Crippen LogP contribution in [0.5, 0.6) is 11.5 Å². The fourth-order valence-electron chi connectivity index (χ4n) is 1.69. The van der Waals surface area contributed by atoms with Crippen LogP contribution in [0.25, 0.3) is 11.4 Å². The van der Waals surface area contributed by atoms with Crippen molar-refractivity contribution in [3.63, 3.8) is 0 Å². The Hall–Kier alpha value is -1.04. The molecule has 0 fully saturated rings. The highest BCUT2D eigenvalue weighted by molar-refractivity contribution is 9.10. The lowest BCUT2D eigenvalue weighted by Gasteiger charge is -2.07. The third kappa shape index (κ3) is 2.26. The average molecular weight is 362 g/mol. The number of fused-ring (bicyclic) bond motifs is 1. The van der Waals surface area contributed by atoms with Crippen LogP contribution >= 0.6 is 39.1 Å². The lowest BCUT2D eigenvalue weighted by atomic mass is 10.2. The van der Waals surface area contributed by atoms with Crippen molar-refractivity contribution >= 4 is 39.1 Å². The van der Waals surface area contributed by atoms with Crippen molar-refractivity contribution in [1.82, 2.24) is 9.97 Å². The van der Waals surface area contributed by atoms with E-state index < -0.39 is 0 Å². The van der Waals surface area contributed by atoms with Crippen LogP contribution in [0, 0.1) is 6.92 Å². The van der Waals surface area contributed by atoms with Crippen molar-refractivity contribution < 1.29 is 9.47 Å². The molecule has 1 aromatic carbocycles. The molecule has 1 aromatic heterocycles. The van der Waals surface area contributed by atoms with E-state index >= 15 is 0 Å². The first-order valence-electron chi connectivity index (χ1n) is 5.35. The Morgan fingerprint density at radius 2 is 1.84 bits per heavy atom. The van der Waals surface area contributed by atoms with Gasteiger partial charge >= 0.3 is 0 Å². The van der Waals surface area contributed by atoms with Crippen molar-refractivity contribution in [2.75, 3.05) is 6.79 Å². The minimum Gasteiger partial charge on any atom is -0.454 e. The third-order valence-electron chi connectivity index (χ3n) is 2.71. The Morgan fingerprint density at radius 3 is 2.53 bits per heavy atom. The van der Waals surface area contributed by atoms with Crippen LogP contribution < -0.4 is 9.47 Å². The van der Waals surface area contributed by atoms with Crippen molar-refractivity contribution in [3.05, 3.63) is 32.5 Å². The van der Waals surface area contributed by atoms with E-state index in [0.29, 0.717) is 33.2 Å². The molecule has 2 aromatic rings. The van der Waals surface area contributed by atoms with Gasteiger partial charge in [-0.15, -0.1) is 0 Å². The van der Waals surface area contributed by atoms with E-state index in [1.54, 1.807) is 13.0 Å². The zero-order valence-electron chi connectivity index (χ0n) is 9.71. The third-order valence-corrected chi connectivity index (χ3v) is 4.04. The summed E-state index contributed by atoms with van der Waals surface area (Å²) >= 11 is 15.5. The van der Waals surface area contributed by atoms with Crippen LogP contribution in [-0.4, -0.2) is 16.8 Å². The molecule has 1 aliphatic heterocycles. The molecule has 1 aliphatic rings. The van der Waals surface area contributed by atoms with Gasteiger partial charge in [-0.3, -0.25) is 0 Å². The summed E-state index contributed by atoms with van der Waals surface area (Å²) in [4.78, 5) is 8.45. The zero-order valence-corrected chi connectivity index (χ0v) is 12.8. The van der Waals surface area contributed by atoms with Gasteiger partial charge in [0.2, 0.25) is 6.79 Å². The maximum atomic E-state index is 6.02. The number of hydrogen-bond donors (Lipinski definition) is 0. The first-order chi connectivity index (χ1) is 9.06. The van der Waals surface area contributed by atoms with Crippen LogP contribution in [0.4, 0.5) is 0 Å². The van der Waals surface area contributed by atoms with Crippen LogP contribution in [0.1, 0.15) is 5.56 Å². The predicted octanol–water partition coefficient (Wildman–Crippen LogP) is 4.25. The van der Waals surface area contributed by atoms with Crippen LogP contribution in [0.15, 0.2) is 16.6 Å². The molecule has 2 heterocycles. The molecule has 0 amide bonds. The van der Waals surface area contributed by atoms with Crippen LogP contribution in [0.2, 0.25) is 10.3 Å². The van der Waals surface area contributed by atoms with E-state index in [2.05, 4.69) is 25.9 Å². The van der Waals surface area contributed by atoms with Crippen LogP contribution in [0.3, 0.4) is 0 Å². The fourth-order valence-corrected chi connectivity index (χ4v) is 2.63. The van der Waals surface area contributed by atoms with Gasteiger partial charge in [0.1, 0.15) is 10.3 Å². The van der Waals surface area contributed by atoms with E-state index in [1.165, 1.54) is 0 Å². The molecular weight excluding hydrogens is 355 g/mol. The number of halogens is 3. The van der Waals surface area contributed by atoms with E-state index in [0.717, 1.165) is 10.0 Å². The summed E-state index contributed by atoms with van der Waals surface area (Å²) in [5, 5.41) is 0.674. The first-order valence-corrected chi connectivity index (χ1v) is 6.90. The monoisotopic (exact) mass is 360 g/mol. The number of benzene rings is 1. The molecule has 0 bridgehead atoms. The Labute approximate surface area is 127 Å². The van der Waals surface area contributed by atoms with Crippen molar-refractivity contribution in [2.45, 2.75) is 6.92 Å². The molecule has 0 N–H and O–H groups in total. The molecule has 3 rings (SSSR count). The molecule has 0 radical (unpaired) electrons. The summed E-state index contributed by atoms with van der Waals surface area (Å²) in [6.45, 7) is 1.97. The summed E-state index contributed by atoms with van der Waals surface area (Å²) < 4.78 is 11.4. The first kappa shape index (κ1) is 13.0. The van der Waals surface area contributed by atoms with E-state index in [4.69, 9.17) is 32.7 Å². The molecule has 7 heteroatoms. The second kappa shape index (κ2) is 4.81. The summed E-state index contributed by atoms with van der Waals surface area (Å²) in [6.07, 6.45) is 0. The van der Waals surface area contributed by atoms with Crippen molar-refractivity contribution in [2.24, 2.45) is 0 Å². The molecule has 4 nitrogen and oxygen atoms in total. The molecule has 0 unspecified atom stereocenters. The lowest BCUT2D eigenvalue weighted by molar-refractivity contribution is 0.173. The zero-order chi connectivity index (χ0) is 13.6. The Balaban J connectivity index is 2.15. The molecule has 19 heavy (non-hydrogen) atoms. The topological polar surface area (TPSA) is 44.2 Å². The van der Waals surface area contributed by atoms with E-state index in [9.17, 15) is 0 Å². The van der Waals surface area contributed by atoms with Gasteiger partial charge in [0, 0.05) is 11.1 Å². The number of ether oxygens (including phenoxy) is 2. The maximum Gasteiger partial charge on any atom is 0.231 e. The Kier molecular flexibility index (Phi) is 3.28. The molecule has 0 atom stereocenters. The molecule has 0 saturated heterocycles. The highest BCUT2D eigenvalue weighted by atomic mass is 79.9. The second-order valence-electron chi connectivity index (χ2n) is 3.95. The second-order valence-corrected chi connectivity index (χ2v) is 5.52. The highest BCUT2D eigenvalue weighted by Crippen LogP contribution is 2.42. The van der Waals surface area contributed by atoms with Gasteiger partial charge in [0.25, 0.3) is 0 Å². The normalized spacial score (nSPS) is 12.8. The molecular formula is C12H7BrCl2N2O2. The quantitative estimate of drug-likeness (QED) is 0.712. The average Bonchev–Trinajstić information content (AvgIpc) is 2.84. The van der Waals surface area contributed by atoms with Gasteiger partial charge in [-0.1, -0.05) is 23.2 Å². The smallest absolute Gasteiger partial charge is 0.231 e. The van der Waals surface area contributed by atoms with Crippen molar-refractivity contribution in [1.29, 1.82) is 0 Å². The largest absolute Gasteiger partial charge is 0.454 e. The summed E-state index contributed by atoms with van der Waals surface area (Å²) in [6, 6.07) is 3.63. The molecule has 0 aliphatic carbocycles. The summed E-state index contributed by atoms with van der Waals surface area (Å²) in [5.74, 6) is 1.76. The molecule has 0 spiro atoms. The van der Waals surface area contributed by atoms with Gasteiger partial charge in [-0.25, -0.2) is 9.97 Å². The van der Waals surface area contributed by atoms with Crippen LogP contribution in [-0.2, 0) is 0 Å². The standard InChI is InChI=1S/C12H7BrCl2N2O2/c1-5-10(14)16-12(17-11(5)15)6-2-7(13)9-8(3-6)18-4-19-9/h2-3H,4H2,1H3. The van der Waals surface area contributed by atoms with Gasteiger partial charge in [0.05, 0.1) is 4.47 Å². The van der Waals surface area contributed by atoms with Crippen molar-refractivity contribution in [3.8, 4) is 22.9 Å². The van der Waals surface area contributed by atoms with E-state index in [1.807, 2.05) is 6.07 Å². The Morgan fingerprint density at radius 1 is 1.16 bits per heavy atom.